The number of nitrogens with two attached hydrogens (primary N) is 1. The number of nitrogen functional groups attached to an aromatic ring is 1. The zero-order chi connectivity index (χ0) is 20.5. The summed E-state index contributed by atoms with van der Waals surface area (Å²) in [6.07, 6.45) is 2.62. The van der Waals surface area contributed by atoms with E-state index in [0.717, 1.165) is 62.1 Å². The molecule has 2 atom stereocenters. The molecule has 2 saturated heterocycles. The number of ether oxygens (including phenoxy) is 1. The van der Waals surface area contributed by atoms with Gasteiger partial charge in [-0.3, -0.25) is 20.3 Å². The predicted molar refractivity (Wildman–Crippen MR) is 135 cm³/mol. The van der Waals surface area contributed by atoms with Crippen molar-refractivity contribution in [1.29, 1.82) is 0 Å². The fraction of sp³-hybridized carbons (Fsp3) is 0.500. The second-order valence-corrected chi connectivity index (χ2v) is 8.28. The average Bonchev–Trinajstić information content (AvgIpc) is 3.18. The number of rotatable bonds is 5. The summed E-state index contributed by atoms with van der Waals surface area (Å²) < 4.78 is 8.23. The van der Waals surface area contributed by atoms with Crippen molar-refractivity contribution in [3.8, 4) is 5.75 Å². The summed E-state index contributed by atoms with van der Waals surface area (Å²) in [5.74, 6) is 1.17. The Kier molecular flexibility index (Phi) is 9.84. The van der Waals surface area contributed by atoms with Gasteiger partial charge < -0.3 is 25.4 Å². The van der Waals surface area contributed by atoms with Gasteiger partial charge in [0.15, 0.2) is 5.78 Å². The van der Waals surface area contributed by atoms with Gasteiger partial charge >= 0.3 is 0 Å². The summed E-state index contributed by atoms with van der Waals surface area (Å²) >= 11 is 0. The number of Topliss-reactive ketones (excluding diaryl/α,β-unsaturated/α-hetero) is 1. The zero-order valence-electron chi connectivity index (χ0n) is 18.5. The first kappa shape index (κ1) is 27.2. The first-order valence-electron chi connectivity index (χ1n) is 10.8. The molecule has 11 heteroatoms. The first-order valence-corrected chi connectivity index (χ1v) is 10.8. The number of nitrogens with zero attached hydrogens (tertiary/aromatic N) is 3. The van der Waals surface area contributed by atoms with E-state index in [4.69, 9.17) is 10.5 Å². The van der Waals surface area contributed by atoms with Crippen LogP contribution >= 0.6 is 24.8 Å². The third kappa shape index (κ3) is 5.74. The van der Waals surface area contributed by atoms with Crippen molar-refractivity contribution < 1.29 is 15.0 Å². The molecule has 184 valence electrons. The summed E-state index contributed by atoms with van der Waals surface area (Å²) in [4.78, 5) is 17.0. The molecule has 0 aliphatic carbocycles. The number of para-hydroxylation sites is 2. The topological polar surface area (TPSA) is 119 Å². The molecule has 0 radical (unpaired) electrons. The molecule has 2 unspecified atom stereocenters. The van der Waals surface area contributed by atoms with Crippen LogP contribution in [0.1, 0.15) is 18.3 Å². The van der Waals surface area contributed by atoms with Crippen LogP contribution in [0.15, 0.2) is 36.5 Å². The van der Waals surface area contributed by atoms with Crippen LogP contribution in [0.4, 0.5) is 11.4 Å². The Morgan fingerprint density at radius 1 is 1.09 bits per heavy atom. The van der Waals surface area contributed by atoms with Crippen LogP contribution in [-0.4, -0.2) is 72.6 Å². The fourth-order valence-corrected chi connectivity index (χ4v) is 4.75. The Labute approximate surface area is 206 Å². The number of piperidine rings is 1. The van der Waals surface area contributed by atoms with Crippen molar-refractivity contribution in [2.45, 2.75) is 25.2 Å². The Morgan fingerprint density at radius 3 is 2.61 bits per heavy atom. The first-order chi connectivity index (χ1) is 14.7. The molecular weight excluding hydrogens is 467 g/mol. The van der Waals surface area contributed by atoms with Crippen LogP contribution in [-0.2, 0) is 11.3 Å². The van der Waals surface area contributed by atoms with E-state index >= 15 is 0 Å². The normalized spacial score (nSPS) is 22.2. The van der Waals surface area contributed by atoms with E-state index in [1.54, 1.807) is 0 Å². The molecule has 3 aliphatic rings. The molecule has 0 saturated carbocycles. The van der Waals surface area contributed by atoms with Gasteiger partial charge in [-0.2, -0.15) is 0 Å². The third-order valence-electron chi connectivity index (χ3n) is 6.42. The lowest BCUT2D eigenvalue weighted by Crippen LogP contribution is -2.56. The number of benzene rings is 1. The number of ketones is 1. The second kappa shape index (κ2) is 11.9. The second-order valence-electron chi connectivity index (χ2n) is 8.28. The number of halogens is 2. The summed E-state index contributed by atoms with van der Waals surface area (Å²) in [5.41, 5.74) is 9.25. The van der Waals surface area contributed by atoms with Gasteiger partial charge in [0.1, 0.15) is 24.6 Å². The quantitative estimate of drug-likeness (QED) is 0.519. The van der Waals surface area contributed by atoms with E-state index in [-0.39, 0.29) is 48.3 Å². The van der Waals surface area contributed by atoms with Gasteiger partial charge in [0.05, 0.1) is 11.4 Å². The summed E-state index contributed by atoms with van der Waals surface area (Å²) in [5, 5.41) is 6.81. The smallest absolute Gasteiger partial charge is 0.154 e. The Bertz CT molecular complexity index is 919. The molecule has 4 heterocycles. The molecule has 1 aromatic heterocycles. The van der Waals surface area contributed by atoms with Crippen molar-refractivity contribution >= 4 is 42.0 Å². The van der Waals surface area contributed by atoms with Crippen molar-refractivity contribution in [3.63, 3.8) is 0 Å². The molecule has 5 rings (SSSR count). The third-order valence-corrected chi connectivity index (χ3v) is 6.42. The average molecular weight is 501 g/mol. The number of hydrogen-bond donors (Lipinski definition) is 3. The van der Waals surface area contributed by atoms with E-state index in [1.807, 2.05) is 24.4 Å². The molecule has 0 amide bonds. The van der Waals surface area contributed by atoms with Gasteiger partial charge in [-0.25, -0.2) is 0 Å². The number of piperazine rings is 1. The maximum absolute atomic E-state index is 12.2. The van der Waals surface area contributed by atoms with Crippen molar-refractivity contribution in [2.75, 3.05) is 56.5 Å². The van der Waals surface area contributed by atoms with E-state index in [1.165, 1.54) is 0 Å². The molecule has 0 bridgehead atoms. The lowest BCUT2D eigenvalue weighted by atomic mass is 10.0. The molecule has 6 N–H and O–H groups in total. The maximum Gasteiger partial charge on any atom is 0.154 e. The minimum atomic E-state index is -0.138. The monoisotopic (exact) mass is 500 g/mol. The highest BCUT2D eigenvalue weighted by molar-refractivity contribution is 5.86. The minimum absolute atomic E-state index is 0. The molecular formula is C22H34Cl2N6O3. The van der Waals surface area contributed by atoms with Crippen LogP contribution in [0, 0.1) is 0 Å². The largest absolute Gasteiger partial charge is 0.491 e. The summed E-state index contributed by atoms with van der Waals surface area (Å²) in [6, 6.07) is 10.0. The number of aromatic nitrogens is 1. The Balaban J connectivity index is 0.00000128. The SMILES string of the molecule is Cl.Cl.Nc1ccccc1N1CCN(CCOc2cc3n(c2)C2NCCC(=O)C2NC3)CC1.O. The van der Waals surface area contributed by atoms with Gasteiger partial charge in [-0.05, 0) is 12.1 Å². The van der Waals surface area contributed by atoms with Gasteiger partial charge in [-0.15, -0.1) is 24.8 Å². The Morgan fingerprint density at radius 2 is 1.85 bits per heavy atom. The van der Waals surface area contributed by atoms with E-state index in [2.05, 4.69) is 37.1 Å². The number of hydrogen-bond acceptors (Lipinski definition) is 7. The van der Waals surface area contributed by atoms with E-state index in [9.17, 15) is 4.79 Å². The number of anilines is 2. The standard InChI is InChI=1S/C22H30N6O2.2ClH.H2O/c23-18-3-1-2-4-19(18)27-9-7-26(8-10-27)11-12-30-17-13-16-14-25-21-20(29)5-6-24-22(21)28(16)15-17;;;/h1-4,13,15,21-22,24-25H,5-12,14,23H2;2*1H;1H2. The maximum atomic E-state index is 12.2. The lowest BCUT2D eigenvalue weighted by molar-refractivity contribution is -0.124. The van der Waals surface area contributed by atoms with E-state index in [0.29, 0.717) is 19.6 Å². The Hall–Kier alpha value is -2.01. The van der Waals surface area contributed by atoms with E-state index < -0.39 is 0 Å². The molecule has 2 aromatic rings. The molecule has 2 fully saturated rings. The molecule has 33 heavy (non-hydrogen) atoms. The van der Waals surface area contributed by atoms with Crippen LogP contribution in [0.5, 0.6) is 5.75 Å². The van der Waals surface area contributed by atoms with Crippen LogP contribution in [0.3, 0.4) is 0 Å². The number of nitrogens with one attached hydrogen (secondary N) is 2. The minimum Gasteiger partial charge on any atom is -0.491 e. The molecule has 3 aliphatic heterocycles. The van der Waals surface area contributed by atoms with Crippen LogP contribution in [0.2, 0.25) is 0 Å². The highest BCUT2D eigenvalue weighted by atomic mass is 35.5. The van der Waals surface area contributed by atoms with Crippen molar-refractivity contribution in [2.24, 2.45) is 0 Å². The van der Waals surface area contributed by atoms with Gasteiger partial charge in [0.2, 0.25) is 0 Å². The fourth-order valence-electron chi connectivity index (χ4n) is 4.75. The van der Waals surface area contributed by atoms with Gasteiger partial charge in [-0.1, -0.05) is 12.1 Å². The van der Waals surface area contributed by atoms with Crippen LogP contribution in [0.25, 0.3) is 0 Å². The van der Waals surface area contributed by atoms with Gasteiger partial charge in [0.25, 0.3) is 0 Å². The lowest BCUT2D eigenvalue weighted by Gasteiger charge is -2.37. The number of carbonyl (C=O) groups is 1. The van der Waals surface area contributed by atoms with Crippen LogP contribution < -0.4 is 26.0 Å². The summed E-state index contributed by atoms with van der Waals surface area (Å²) in [7, 11) is 0. The highest BCUT2D eigenvalue weighted by Crippen LogP contribution is 2.28. The highest BCUT2D eigenvalue weighted by Gasteiger charge is 2.36. The molecule has 1 aromatic carbocycles. The predicted octanol–water partition coefficient (Wildman–Crippen LogP) is 0.823. The summed E-state index contributed by atoms with van der Waals surface area (Å²) in [6.45, 7) is 6.95. The zero-order valence-corrected chi connectivity index (χ0v) is 20.2. The van der Waals surface area contributed by atoms with Crippen molar-refractivity contribution in [1.82, 2.24) is 20.1 Å². The number of fused-ring (bicyclic) bond motifs is 3. The molecule has 9 nitrogen and oxygen atoms in total. The molecule has 0 spiro atoms. The number of carbonyl (C=O) groups excluding carboxylic acids is 1. The van der Waals surface area contributed by atoms with Crippen molar-refractivity contribution in [3.05, 3.63) is 42.2 Å². The van der Waals surface area contributed by atoms with Gasteiger partial charge in [0, 0.05) is 70.2 Å².